The minimum absolute atomic E-state index is 0.367. The van der Waals surface area contributed by atoms with Gasteiger partial charge < -0.3 is 15.8 Å². The van der Waals surface area contributed by atoms with Gasteiger partial charge in [-0.2, -0.15) is 0 Å². The predicted octanol–water partition coefficient (Wildman–Crippen LogP) is 1.46. The minimum Gasteiger partial charge on any atom is -0.480 e. The highest BCUT2D eigenvalue weighted by Gasteiger charge is 2.25. The number of carboxylic acids is 1. The number of aryl methyl sites for hydroxylation is 1. The summed E-state index contributed by atoms with van der Waals surface area (Å²) in [5.74, 6) is -0.204. The number of carboxylic acid groups (broad SMARTS) is 1. The lowest BCUT2D eigenvalue weighted by Gasteiger charge is -2.05. The molecule has 2 rings (SSSR count). The summed E-state index contributed by atoms with van der Waals surface area (Å²) < 4.78 is 0. The fourth-order valence-corrected chi connectivity index (χ4v) is 2.36. The number of aliphatic carboxylic acids is 1. The number of hydrogen-bond acceptors (Lipinski definition) is 3. The summed E-state index contributed by atoms with van der Waals surface area (Å²) in [6.07, 6.45) is 4.76. The number of rotatable bonds is 3. The van der Waals surface area contributed by atoms with Gasteiger partial charge in [0.05, 0.1) is 5.69 Å². The number of aromatic amines is 1. The first-order chi connectivity index (χ1) is 7.59. The zero-order valence-electron chi connectivity index (χ0n) is 9.36. The number of H-pyrrole nitrogens is 1. The first-order valence-electron chi connectivity index (χ1n) is 5.64. The molecular weight excluding hydrogens is 206 g/mol. The van der Waals surface area contributed by atoms with Gasteiger partial charge >= 0.3 is 5.97 Å². The van der Waals surface area contributed by atoms with Crippen LogP contribution in [0.2, 0.25) is 0 Å². The standard InChI is InChI=1S/C11H17N3O2/c1-6-9(7-4-2-3-5-7)14-10(13-6)8(12)11(15)16/h7-8H,2-5,12H2,1H3,(H,13,14)(H,15,16). The molecular formula is C11H17N3O2. The van der Waals surface area contributed by atoms with Crippen molar-refractivity contribution >= 4 is 5.97 Å². The van der Waals surface area contributed by atoms with Crippen molar-refractivity contribution in [2.75, 3.05) is 0 Å². The van der Waals surface area contributed by atoms with Crippen molar-refractivity contribution in [3.8, 4) is 0 Å². The third-order valence-corrected chi connectivity index (χ3v) is 3.24. The van der Waals surface area contributed by atoms with Crippen molar-refractivity contribution in [1.29, 1.82) is 0 Å². The summed E-state index contributed by atoms with van der Waals surface area (Å²) >= 11 is 0. The van der Waals surface area contributed by atoms with Crippen molar-refractivity contribution < 1.29 is 9.90 Å². The largest absolute Gasteiger partial charge is 0.480 e. The van der Waals surface area contributed by atoms with E-state index in [1.165, 1.54) is 12.8 Å². The zero-order valence-corrected chi connectivity index (χ0v) is 9.36. The Balaban J connectivity index is 2.24. The smallest absolute Gasteiger partial charge is 0.328 e. The Labute approximate surface area is 94.1 Å². The molecule has 1 heterocycles. The first-order valence-corrected chi connectivity index (χ1v) is 5.64. The van der Waals surface area contributed by atoms with Crippen LogP contribution in [0, 0.1) is 6.92 Å². The molecule has 1 atom stereocenters. The van der Waals surface area contributed by atoms with Crippen molar-refractivity contribution in [2.24, 2.45) is 5.73 Å². The molecule has 16 heavy (non-hydrogen) atoms. The van der Waals surface area contributed by atoms with Crippen LogP contribution in [0.1, 0.15) is 54.9 Å². The second-order valence-corrected chi connectivity index (χ2v) is 4.43. The zero-order chi connectivity index (χ0) is 11.7. The molecule has 1 aromatic rings. The molecule has 88 valence electrons. The Morgan fingerprint density at radius 2 is 2.19 bits per heavy atom. The number of hydrogen-bond donors (Lipinski definition) is 3. The van der Waals surface area contributed by atoms with Gasteiger partial charge in [-0.15, -0.1) is 0 Å². The van der Waals surface area contributed by atoms with Crippen LogP contribution in [-0.4, -0.2) is 21.0 Å². The average Bonchev–Trinajstić information content (AvgIpc) is 2.84. The summed E-state index contributed by atoms with van der Waals surface area (Å²) in [5, 5.41) is 8.82. The molecule has 5 nitrogen and oxygen atoms in total. The molecule has 0 aromatic carbocycles. The second kappa shape index (κ2) is 4.25. The Morgan fingerprint density at radius 1 is 1.56 bits per heavy atom. The van der Waals surface area contributed by atoms with Gasteiger partial charge in [-0.1, -0.05) is 12.8 Å². The maximum atomic E-state index is 10.8. The molecule has 0 aliphatic heterocycles. The van der Waals surface area contributed by atoms with Crippen LogP contribution in [0.25, 0.3) is 0 Å². The minimum atomic E-state index is -1.05. The van der Waals surface area contributed by atoms with E-state index in [1.54, 1.807) is 0 Å². The Hall–Kier alpha value is -1.36. The third kappa shape index (κ3) is 1.95. The maximum Gasteiger partial charge on any atom is 0.328 e. The maximum absolute atomic E-state index is 10.8. The van der Waals surface area contributed by atoms with Gasteiger partial charge in [-0.25, -0.2) is 4.98 Å². The van der Waals surface area contributed by atoms with E-state index in [0.29, 0.717) is 11.7 Å². The van der Waals surface area contributed by atoms with Gasteiger partial charge in [-0.3, -0.25) is 4.79 Å². The lowest BCUT2D eigenvalue weighted by atomic mass is 10.0. The van der Waals surface area contributed by atoms with Crippen molar-refractivity contribution in [1.82, 2.24) is 9.97 Å². The summed E-state index contributed by atoms with van der Waals surface area (Å²) in [6.45, 7) is 1.93. The lowest BCUT2D eigenvalue weighted by Crippen LogP contribution is -2.22. The molecule has 0 radical (unpaired) electrons. The Bertz CT molecular complexity index is 394. The van der Waals surface area contributed by atoms with E-state index in [2.05, 4.69) is 9.97 Å². The SMILES string of the molecule is Cc1[nH]c(C(N)C(=O)O)nc1C1CCCC1. The van der Waals surface area contributed by atoms with E-state index >= 15 is 0 Å². The highest BCUT2D eigenvalue weighted by Crippen LogP contribution is 2.34. The van der Waals surface area contributed by atoms with Gasteiger partial charge in [0.25, 0.3) is 0 Å². The van der Waals surface area contributed by atoms with Gasteiger partial charge in [0.15, 0.2) is 6.04 Å². The third-order valence-electron chi connectivity index (χ3n) is 3.24. The van der Waals surface area contributed by atoms with Crippen LogP contribution in [0.4, 0.5) is 0 Å². The topological polar surface area (TPSA) is 92.0 Å². The lowest BCUT2D eigenvalue weighted by molar-refractivity contribution is -0.138. The van der Waals surface area contributed by atoms with Crippen LogP contribution in [-0.2, 0) is 4.79 Å². The molecule has 0 spiro atoms. The van der Waals surface area contributed by atoms with Crippen molar-refractivity contribution in [3.05, 3.63) is 17.2 Å². The van der Waals surface area contributed by atoms with E-state index < -0.39 is 12.0 Å². The van der Waals surface area contributed by atoms with Gasteiger partial charge in [-0.05, 0) is 19.8 Å². The highest BCUT2D eigenvalue weighted by molar-refractivity contribution is 5.74. The van der Waals surface area contributed by atoms with Crippen molar-refractivity contribution in [2.45, 2.75) is 44.6 Å². The average molecular weight is 223 g/mol. The van der Waals surface area contributed by atoms with E-state index in [4.69, 9.17) is 10.8 Å². The van der Waals surface area contributed by atoms with Crippen LogP contribution in [0.15, 0.2) is 0 Å². The van der Waals surface area contributed by atoms with E-state index in [-0.39, 0.29) is 0 Å². The summed E-state index contributed by atoms with van der Waals surface area (Å²) in [5.41, 5.74) is 7.49. The molecule has 1 aliphatic carbocycles. The summed E-state index contributed by atoms with van der Waals surface area (Å²) in [7, 11) is 0. The Morgan fingerprint density at radius 3 is 2.75 bits per heavy atom. The van der Waals surface area contributed by atoms with Crippen LogP contribution in [0.3, 0.4) is 0 Å². The fourth-order valence-electron chi connectivity index (χ4n) is 2.36. The first kappa shape index (κ1) is 11.1. The number of carbonyl (C=O) groups is 1. The summed E-state index contributed by atoms with van der Waals surface area (Å²) in [6, 6.07) is -1.05. The molecule has 1 saturated carbocycles. The summed E-state index contributed by atoms with van der Waals surface area (Å²) in [4.78, 5) is 18.1. The number of nitrogens with zero attached hydrogens (tertiary/aromatic N) is 1. The molecule has 4 N–H and O–H groups in total. The van der Waals surface area contributed by atoms with Crippen LogP contribution in [0.5, 0.6) is 0 Å². The van der Waals surface area contributed by atoms with Gasteiger partial charge in [0.1, 0.15) is 5.82 Å². The second-order valence-electron chi connectivity index (χ2n) is 4.43. The monoisotopic (exact) mass is 223 g/mol. The van der Waals surface area contributed by atoms with E-state index in [0.717, 1.165) is 24.2 Å². The molecule has 1 aromatic heterocycles. The molecule has 0 saturated heterocycles. The normalized spacial score (nSPS) is 18.9. The molecule has 0 bridgehead atoms. The van der Waals surface area contributed by atoms with Gasteiger partial charge in [0.2, 0.25) is 0 Å². The van der Waals surface area contributed by atoms with Crippen molar-refractivity contribution in [3.63, 3.8) is 0 Å². The highest BCUT2D eigenvalue weighted by atomic mass is 16.4. The Kier molecular flexibility index (Phi) is 2.96. The predicted molar refractivity (Wildman–Crippen MR) is 59.1 cm³/mol. The number of nitrogens with one attached hydrogen (secondary N) is 1. The molecule has 0 amide bonds. The van der Waals surface area contributed by atoms with Crippen LogP contribution >= 0.6 is 0 Å². The van der Waals surface area contributed by atoms with Crippen LogP contribution < -0.4 is 5.73 Å². The molecule has 1 unspecified atom stereocenters. The van der Waals surface area contributed by atoms with Gasteiger partial charge in [0, 0.05) is 11.6 Å². The molecule has 1 fully saturated rings. The quantitative estimate of drug-likeness (QED) is 0.723. The number of nitrogens with two attached hydrogens (primary N) is 1. The molecule has 1 aliphatic rings. The van der Waals surface area contributed by atoms with E-state index in [1.807, 2.05) is 6.92 Å². The fraction of sp³-hybridized carbons (Fsp3) is 0.636. The molecule has 5 heteroatoms. The number of aromatic nitrogens is 2. The number of imidazole rings is 1. The van der Waals surface area contributed by atoms with E-state index in [9.17, 15) is 4.79 Å².